The lowest BCUT2D eigenvalue weighted by Crippen LogP contribution is -2.30. The number of fused-ring (bicyclic) bond motifs is 1. The van der Waals surface area contributed by atoms with Gasteiger partial charge >= 0.3 is 0 Å². The number of rotatable bonds is 3. The molecule has 114 valence electrons. The summed E-state index contributed by atoms with van der Waals surface area (Å²) in [6.45, 7) is 5.77. The molecule has 0 saturated heterocycles. The fourth-order valence-corrected chi connectivity index (χ4v) is 2.74. The van der Waals surface area contributed by atoms with Crippen molar-refractivity contribution in [3.8, 4) is 5.75 Å². The maximum Gasteiger partial charge on any atom is 0.222 e. The summed E-state index contributed by atoms with van der Waals surface area (Å²) in [4.78, 5) is 10.9. The van der Waals surface area contributed by atoms with E-state index >= 15 is 0 Å². The van der Waals surface area contributed by atoms with E-state index < -0.39 is 0 Å². The summed E-state index contributed by atoms with van der Waals surface area (Å²) >= 11 is 0. The van der Waals surface area contributed by atoms with E-state index in [4.69, 9.17) is 10.5 Å². The highest BCUT2D eigenvalue weighted by Crippen LogP contribution is 2.33. The molecule has 0 aliphatic carbocycles. The summed E-state index contributed by atoms with van der Waals surface area (Å²) in [5.74, 6) is 2.11. The molecule has 2 heterocycles. The van der Waals surface area contributed by atoms with Crippen molar-refractivity contribution < 1.29 is 4.74 Å². The normalized spacial score (nSPS) is 13.6. The highest BCUT2D eigenvalue weighted by atomic mass is 16.5. The van der Waals surface area contributed by atoms with Crippen LogP contribution in [0.1, 0.15) is 23.7 Å². The molecule has 0 amide bonds. The molecule has 1 aliphatic rings. The predicted octanol–water partition coefficient (Wildman–Crippen LogP) is 2.76. The molecule has 0 spiro atoms. The number of ether oxygens (including phenoxy) is 1. The second-order valence-electron chi connectivity index (χ2n) is 5.32. The first kappa shape index (κ1) is 14.4. The number of nitrogens with zero attached hydrogens (tertiary/aromatic N) is 3. The zero-order chi connectivity index (χ0) is 15.7. The lowest BCUT2D eigenvalue weighted by molar-refractivity contribution is 0.415. The van der Waals surface area contributed by atoms with E-state index in [2.05, 4.69) is 40.0 Å². The van der Waals surface area contributed by atoms with Gasteiger partial charge in [-0.15, -0.1) is 0 Å². The van der Waals surface area contributed by atoms with Crippen molar-refractivity contribution in [2.45, 2.75) is 13.8 Å². The average Bonchev–Trinajstić information content (AvgIpc) is 2.54. The molecule has 0 saturated carbocycles. The van der Waals surface area contributed by atoms with E-state index in [0.717, 1.165) is 35.9 Å². The molecule has 5 nitrogen and oxygen atoms in total. The number of hydrogen-bond donors (Lipinski definition) is 1. The highest BCUT2D eigenvalue weighted by molar-refractivity contribution is 5.91. The summed E-state index contributed by atoms with van der Waals surface area (Å²) in [6.07, 6.45) is 2.16. The Bertz CT molecular complexity index is 722. The minimum absolute atomic E-state index is 0.330. The number of aryl methyl sites for hydroxylation is 1. The van der Waals surface area contributed by atoms with E-state index in [9.17, 15) is 0 Å². The average molecular weight is 296 g/mol. The Morgan fingerprint density at radius 2 is 1.95 bits per heavy atom. The molecule has 0 unspecified atom stereocenters. The molecule has 0 atom stereocenters. The molecule has 3 rings (SSSR count). The largest absolute Gasteiger partial charge is 0.497 e. The van der Waals surface area contributed by atoms with Crippen molar-refractivity contribution in [2.75, 3.05) is 30.8 Å². The smallest absolute Gasteiger partial charge is 0.222 e. The van der Waals surface area contributed by atoms with Crippen LogP contribution in [0.5, 0.6) is 5.75 Å². The Hall–Kier alpha value is -2.56. The summed E-state index contributed by atoms with van der Waals surface area (Å²) in [7, 11) is 1.68. The SMILES string of the molecule is CCN1CC(c2ccc(OC)cc2)=Cc2c(C)nc(N)nc21. The van der Waals surface area contributed by atoms with Gasteiger partial charge in [-0.25, -0.2) is 4.98 Å². The molecule has 0 radical (unpaired) electrons. The molecular formula is C17H20N4O. The van der Waals surface area contributed by atoms with Crippen molar-refractivity contribution in [3.63, 3.8) is 0 Å². The third-order valence-corrected chi connectivity index (χ3v) is 3.96. The van der Waals surface area contributed by atoms with Crippen LogP contribution >= 0.6 is 0 Å². The van der Waals surface area contributed by atoms with Crippen molar-refractivity contribution in [3.05, 3.63) is 41.1 Å². The molecular weight excluding hydrogens is 276 g/mol. The maximum atomic E-state index is 5.79. The van der Waals surface area contributed by atoms with E-state index in [1.807, 2.05) is 19.1 Å². The van der Waals surface area contributed by atoms with Gasteiger partial charge in [-0.05, 0) is 43.2 Å². The lowest BCUT2D eigenvalue weighted by Gasteiger charge is -2.30. The lowest BCUT2D eigenvalue weighted by atomic mass is 9.98. The molecule has 1 aromatic heterocycles. The monoisotopic (exact) mass is 296 g/mol. The van der Waals surface area contributed by atoms with Crippen LogP contribution in [-0.4, -0.2) is 30.2 Å². The van der Waals surface area contributed by atoms with Gasteiger partial charge in [0, 0.05) is 18.7 Å². The van der Waals surface area contributed by atoms with Gasteiger partial charge in [0.15, 0.2) is 0 Å². The molecule has 1 aliphatic heterocycles. The second kappa shape index (κ2) is 5.67. The Balaban J connectivity index is 2.07. The van der Waals surface area contributed by atoms with Crippen molar-refractivity contribution >= 4 is 23.4 Å². The summed E-state index contributed by atoms with van der Waals surface area (Å²) in [5.41, 5.74) is 10.2. The van der Waals surface area contributed by atoms with E-state index in [0.29, 0.717) is 5.95 Å². The van der Waals surface area contributed by atoms with Crippen LogP contribution in [0.25, 0.3) is 11.6 Å². The van der Waals surface area contributed by atoms with Gasteiger partial charge in [-0.2, -0.15) is 4.98 Å². The standard InChI is InChI=1S/C17H20N4O/c1-4-21-10-13(12-5-7-14(22-3)8-6-12)9-15-11(2)19-17(18)20-16(15)21/h5-9H,4,10H2,1-3H3,(H2,18,19,20). The van der Waals surface area contributed by atoms with Crippen LogP contribution in [0, 0.1) is 6.92 Å². The zero-order valence-corrected chi connectivity index (χ0v) is 13.1. The van der Waals surface area contributed by atoms with Crippen LogP contribution in [0.3, 0.4) is 0 Å². The molecule has 2 aromatic rings. The number of methoxy groups -OCH3 is 1. The van der Waals surface area contributed by atoms with Gasteiger partial charge in [0.1, 0.15) is 11.6 Å². The second-order valence-corrected chi connectivity index (χ2v) is 5.32. The fraction of sp³-hybridized carbons (Fsp3) is 0.294. The summed E-state index contributed by atoms with van der Waals surface area (Å²) in [6, 6.07) is 8.12. The van der Waals surface area contributed by atoms with Gasteiger partial charge in [-0.1, -0.05) is 12.1 Å². The number of benzene rings is 1. The van der Waals surface area contributed by atoms with Crippen LogP contribution < -0.4 is 15.4 Å². The van der Waals surface area contributed by atoms with E-state index in [-0.39, 0.29) is 0 Å². The topological polar surface area (TPSA) is 64.3 Å². The van der Waals surface area contributed by atoms with Gasteiger partial charge in [0.2, 0.25) is 5.95 Å². The van der Waals surface area contributed by atoms with Crippen LogP contribution in [-0.2, 0) is 0 Å². The first-order valence-corrected chi connectivity index (χ1v) is 7.36. The van der Waals surface area contributed by atoms with Crippen molar-refractivity contribution in [1.82, 2.24) is 9.97 Å². The minimum atomic E-state index is 0.330. The maximum absolute atomic E-state index is 5.79. The number of hydrogen-bond acceptors (Lipinski definition) is 5. The third-order valence-electron chi connectivity index (χ3n) is 3.96. The minimum Gasteiger partial charge on any atom is -0.497 e. The van der Waals surface area contributed by atoms with Crippen LogP contribution in [0.15, 0.2) is 24.3 Å². The van der Waals surface area contributed by atoms with Crippen molar-refractivity contribution in [2.24, 2.45) is 0 Å². The number of nitrogens with two attached hydrogens (primary N) is 1. The number of anilines is 2. The molecule has 22 heavy (non-hydrogen) atoms. The number of likely N-dealkylation sites (N-methyl/N-ethyl adjacent to an activating group) is 1. The molecule has 0 bridgehead atoms. The predicted molar refractivity (Wildman–Crippen MR) is 89.9 cm³/mol. The number of nitrogen functional groups attached to an aromatic ring is 1. The summed E-state index contributed by atoms with van der Waals surface area (Å²) in [5, 5.41) is 0. The number of aromatic nitrogens is 2. The van der Waals surface area contributed by atoms with Gasteiger partial charge in [0.05, 0.1) is 12.8 Å². The third kappa shape index (κ3) is 2.50. The Labute approximate surface area is 130 Å². The quantitative estimate of drug-likeness (QED) is 0.943. The molecule has 1 aromatic carbocycles. The van der Waals surface area contributed by atoms with Gasteiger partial charge in [-0.3, -0.25) is 0 Å². The van der Waals surface area contributed by atoms with Crippen LogP contribution in [0.4, 0.5) is 11.8 Å². The molecule has 5 heteroatoms. The van der Waals surface area contributed by atoms with E-state index in [1.54, 1.807) is 7.11 Å². The fourth-order valence-electron chi connectivity index (χ4n) is 2.74. The summed E-state index contributed by atoms with van der Waals surface area (Å²) < 4.78 is 5.22. The first-order valence-electron chi connectivity index (χ1n) is 7.36. The van der Waals surface area contributed by atoms with Crippen LogP contribution in [0.2, 0.25) is 0 Å². The Kier molecular flexibility index (Phi) is 3.71. The first-order chi connectivity index (χ1) is 10.6. The Morgan fingerprint density at radius 1 is 1.23 bits per heavy atom. The van der Waals surface area contributed by atoms with Gasteiger partial charge < -0.3 is 15.4 Å². The van der Waals surface area contributed by atoms with E-state index in [1.165, 1.54) is 11.1 Å². The Morgan fingerprint density at radius 3 is 2.59 bits per heavy atom. The molecule has 2 N–H and O–H groups in total. The zero-order valence-electron chi connectivity index (χ0n) is 13.1. The van der Waals surface area contributed by atoms with Crippen molar-refractivity contribution in [1.29, 1.82) is 0 Å². The van der Waals surface area contributed by atoms with Gasteiger partial charge in [0.25, 0.3) is 0 Å². The molecule has 0 fully saturated rings. The highest BCUT2D eigenvalue weighted by Gasteiger charge is 2.21.